The molecule has 1 heterocycles. The molecule has 2 N–H and O–H groups in total. The van der Waals surface area contributed by atoms with Crippen molar-refractivity contribution >= 4 is 23.2 Å². The van der Waals surface area contributed by atoms with Crippen LogP contribution >= 0.6 is 0 Å². The topological polar surface area (TPSA) is 63.1 Å². The molecular formula is C20H25N3O2. The van der Waals surface area contributed by atoms with Gasteiger partial charge in [0.15, 0.2) is 0 Å². The molecule has 0 bridgehead atoms. The van der Waals surface area contributed by atoms with Crippen molar-refractivity contribution in [2.45, 2.75) is 51.0 Å². The minimum Gasteiger partial charge on any atom is -0.348 e. The molecule has 1 aliphatic rings. The number of anilines is 2. The molecule has 5 nitrogen and oxygen atoms in total. The van der Waals surface area contributed by atoms with Gasteiger partial charge in [0.25, 0.3) is 0 Å². The van der Waals surface area contributed by atoms with Gasteiger partial charge in [-0.15, -0.1) is 0 Å². The second-order valence-corrected chi connectivity index (χ2v) is 6.86. The van der Waals surface area contributed by atoms with E-state index in [4.69, 9.17) is 0 Å². The van der Waals surface area contributed by atoms with Gasteiger partial charge in [-0.3, -0.25) is 9.59 Å². The minimum absolute atomic E-state index is 0.00979. The van der Waals surface area contributed by atoms with Gasteiger partial charge >= 0.3 is 0 Å². The monoisotopic (exact) mass is 339 g/mol. The predicted octanol–water partition coefficient (Wildman–Crippen LogP) is 4.13. The maximum atomic E-state index is 12.7. The summed E-state index contributed by atoms with van der Waals surface area (Å²) < 4.78 is 2.21. The van der Waals surface area contributed by atoms with Crippen molar-refractivity contribution in [2.75, 3.05) is 10.6 Å². The van der Waals surface area contributed by atoms with Crippen LogP contribution in [0.1, 0.15) is 45.4 Å². The lowest BCUT2D eigenvalue weighted by Crippen LogP contribution is -2.38. The van der Waals surface area contributed by atoms with E-state index in [1.54, 1.807) is 12.1 Å². The Morgan fingerprint density at radius 2 is 1.64 bits per heavy atom. The van der Waals surface area contributed by atoms with Crippen LogP contribution in [0.5, 0.6) is 0 Å². The molecule has 0 aliphatic heterocycles. The van der Waals surface area contributed by atoms with Crippen molar-refractivity contribution < 1.29 is 9.59 Å². The van der Waals surface area contributed by atoms with Gasteiger partial charge in [0.1, 0.15) is 0 Å². The number of hydrogen-bond acceptors (Lipinski definition) is 2. The Bertz CT molecular complexity index is 731. The SMILES string of the molecule is CC(=O)Nc1cccc(NC(=O)CC2(n3cccc3)CCCCC2)c1. The van der Waals surface area contributed by atoms with Crippen LogP contribution in [-0.2, 0) is 15.1 Å². The average Bonchev–Trinajstić information content (AvgIpc) is 3.10. The van der Waals surface area contributed by atoms with Crippen molar-refractivity contribution in [2.24, 2.45) is 0 Å². The number of rotatable bonds is 5. The van der Waals surface area contributed by atoms with E-state index < -0.39 is 0 Å². The van der Waals surface area contributed by atoms with Crippen LogP contribution in [0.2, 0.25) is 0 Å². The van der Waals surface area contributed by atoms with Gasteiger partial charge < -0.3 is 15.2 Å². The zero-order valence-corrected chi connectivity index (χ0v) is 14.6. The van der Waals surface area contributed by atoms with Gasteiger partial charge in [-0.25, -0.2) is 0 Å². The van der Waals surface area contributed by atoms with Gasteiger partial charge in [-0.1, -0.05) is 25.3 Å². The Balaban J connectivity index is 1.71. The highest BCUT2D eigenvalue weighted by Crippen LogP contribution is 2.38. The van der Waals surface area contributed by atoms with E-state index in [-0.39, 0.29) is 17.4 Å². The van der Waals surface area contributed by atoms with Crippen molar-refractivity contribution in [3.8, 4) is 0 Å². The van der Waals surface area contributed by atoms with E-state index in [1.807, 2.05) is 24.3 Å². The Morgan fingerprint density at radius 1 is 1.00 bits per heavy atom. The molecule has 1 aromatic carbocycles. The summed E-state index contributed by atoms with van der Waals surface area (Å²) in [5, 5.41) is 5.72. The number of benzene rings is 1. The van der Waals surface area contributed by atoms with Gasteiger partial charge in [0, 0.05) is 30.7 Å². The summed E-state index contributed by atoms with van der Waals surface area (Å²) in [6.45, 7) is 1.47. The third kappa shape index (κ3) is 4.29. The van der Waals surface area contributed by atoms with Crippen LogP contribution in [0.25, 0.3) is 0 Å². The van der Waals surface area contributed by atoms with Crippen LogP contribution in [0.4, 0.5) is 11.4 Å². The van der Waals surface area contributed by atoms with Crippen LogP contribution < -0.4 is 10.6 Å². The first-order chi connectivity index (χ1) is 12.1. The van der Waals surface area contributed by atoms with Gasteiger partial charge in [-0.05, 0) is 43.2 Å². The summed E-state index contributed by atoms with van der Waals surface area (Å²) >= 11 is 0. The number of hydrogen-bond donors (Lipinski definition) is 2. The number of nitrogens with zero attached hydrogens (tertiary/aromatic N) is 1. The summed E-state index contributed by atoms with van der Waals surface area (Å²) in [6.07, 6.45) is 10.2. The summed E-state index contributed by atoms with van der Waals surface area (Å²) in [4.78, 5) is 23.9. The molecule has 25 heavy (non-hydrogen) atoms. The second kappa shape index (κ2) is 7.55. The van der Waals surface area contributed by atoms with E-state index in [0.717, 1.165) is 25.7 Å². The molecule has 2 aromatic rings. The van der Waals surface area contributed by atoms with E-state index in [9.17, 15) is 9.59 Å². The van der Waals surface area contributed by atoms with Crippen molar-refractivity contribution in [3.05, 3.63) is 48.8 Å². The molecule has 0 saturated heterocycles. The number of amides is 2. The lowest BCUT2D eigenvalue weighted by atomic mass is 9.78. The van der Waals surface area contributed by atoms with E-state index in [2.05, 4.69) is 27.6 Å². The molecule has 5 heteroatoms. The molecule has 0 unspecified atom stereocenters. The largest absolute Gasteiger partial charge is 0.348 e. The second-order valence-electron chi connectivity index (χ2n) is 6.86. The zero-order chi connectivity index (χ0) is 17.7. The Morgan fingerprint density at radius 3 is 2.28 bits per heavy atom. The highest BCUT2D eigenvalue weighted by Gasteiger charge is 2.35. The molecule has 0 radical (unpaired) electrons. The smallest absolute Gasteiger partial charge is 0.226 e. The van der Waals surface area contributed by atoms with Gasteiger partial charge in [0.05, 0.1) is 12.0 Å². The normalized spacial score (nSPS) is 16.2. The Kier molecular flexibility index (Phi) is 5.22. The molecule has 1 fully saturated rings. The number of carbonyl (C=O) groups excluding carboxylic acids is 2. The quantitative estimate of drug-likeness (QED) is 0.860. The zero-order valence-electron chi connectivity index (χ0n) is 14.6. The molecule has 3 rings (SSSR count). The third-order valence-corrected chi connectivity index (χ3v) is 4.89. The van der Waals surface area contributed by atoms with Gasteiger partial charge in [0.2, 0.25) is 11.8 Å². The molecule has 1 aromatic heterocycles. The van der Waals surface area contributed by atoms with Crippen LogP contribution in [-0.4, -0.2) is 16.4 Å². The fourth-order valence-corrected chi connectivity index (χ4v) is 3.77. The molecule has 0 spiro atoms. The molecule has 132 valence electrons. The lowest BCUT2D eigenvalue weighted by molar-refractivity contribution is -0.118. The van der Waals surface area contributed by atoms with Gasteiger partial charge in [-0.2, -0.15) is 0 Å². The molecule has 0 atom stereocenters. The molecular weight excluding hydrogens is 314 g/mol. The number of aromatic nitrogens is 1. The average molecular weight is 339 g/mol. The van der Waals surface area contributed by atoms with E-state index in [1.165, 1.54) is 13.3 Å². The summed E-state index contributed by atoms with van der Waals surface area (Å²) in [6, 6.07) is 11.3. The maximum Gasteiger partial charge on any atom is 0.226 e. The molecule has 2 amide bonds. The summed E-state index contributed by atoms with van der Waals surface area (Å²) in [5.41, 5.74) is 1.26. The Hall–Kier alpha value is -2.56. The van der Waals surface area contributed by atoms with Crippen molar-refractivity contribution in [1.82, 2.24) is 4.57 Å². The number of carbonyl (C=O) groups is 2. The third-order valence-electron chi connectivity index (χ3n) is 4.89. The fraction of sp³-hybridized carbons (Fsp3) is 0.400. The molecule has 1 aliphatic carbocycles. The summed E-state index contributed by atoms with van der Waals surface area (Å²) in [5.74, 6) is -0.118. The molecule has 1 saturated carbocycles. The van der Waals surface area contributed by atoms with Crippen molar-refractivity contribution in [3.63, 3.8) is 0 Å². The number of nitrogens with one attached hydrogen (secondary N) is 2. The fourth-order valence-electron chi connectivity index (χ4n) is 3.77. The maximum absolute atomic E-state index is 12.7. The first-order valence-corrected chi connectivity index (χ1v) is 8.88. The minimum atomic E-state index is -0.128. The Labute approximate surface area is 148 Å². The first-order valence-electron chi connectivity index (χ1n) is 8.88. The van der Waals surface area contributed by atoms with Crippen LogP contribution in [0, 0.1) is 0 Å². The summed E-state index contributed by atoms with van der Waals surface area (Å²) in [7, 11) is 0. The predicted molar refractivity (Wildman–Crippen MR) is 99.5 cm³/mol. The van der Waals surface area contributed by atoms with E-state index >= 15 is 0 Å². The first kappa shape index (κ1) is 17.3. The van der Waals surface area contributed by atoms with Crippen LogP contribution in [0.15, 0.2) is 48.8 Å². The lowest BCUT2D eigenvalue weighted by Gasteiger charge is -2.38. The highest BCUT2D eigenvalue weighted by molar-refractivity contribution is 5.93. The van der Waals surface area contributed by atoms with Crippen LogP contribution in [0.3, 0.4) is 0 Å². The highest BCUT2D eigenvalue weighted by atomic mass is 16.2. The van der Waals surface area contributed by atoms with Crippen molar-refractivity contribution in [1.29, 1.82) is 0 Å². The van der Waals surface area contributed by atoms with E-state index in [0.29, 0.717) is 17.8 Å². The standard InChI is InChI=1S/C20H25N3O2/c1-16(24)21-17-8-7-9-18(14-17)22-19(25)15-20(10-3-2-4-11-20)23-12-5-6-13-23/h5-9,12-14H,2-4,10-11,15H2,1H3,(H,21,24)(H,22,25).